The van der Waals surface area contributed by atoms with Gasteiger partial charge in [-0.1, -0.05) is 18.3 Å². The molecule has 0 aliphatic rings. The molecule has 1 aromatic carbocycles. The Kier molecular flexibility index (Phi) is 3.63. The van der Waals surface area contributed by atoms with E-state index in [-0.39, 0.29) is 5.75 Å². The van der Waals surface area contributed by atoms with Crippen molar-refractivity contribution in [3.63, 3.8) is 0 Å². The number of hydrogen-bond acceptors (Lipinski definition) is 4. The minimum Gasteiger partial charge on any atom is -0.429 e. The maximum absolute atomic E-state index is 13.3. The highest BCUT2D eigenvalue weighted by Gasteiger charge is 2.10. The van der Waals surface area contributed by atoms with Crippen molar-refractivity contribution in [1.29, 1.82) is 0 Å². The number of halogens is 2. The van der Waals surface area contributed by atoms with Gasteiger partial charge in [-0.05, 0) is 28.4 Å². The van der Waals surface area contributed by atoms with Crippen LogP contribution in [-0.2, 0) is 6.42 Å². The van der Waals surface area contributed by atoms with Crippen molar-refractivity contribution in [3.8, 4) is 10.9 Å². The van der Waals surface area contributed by atoms with Crippen LogP contribution in [0.25, 0.3) is 0 Å². The molecule has 2 aromatic rings. The third-order valence-corrected chi connectivity index (χ3v) is 3.52. The fourth-order valence-corrected chi connectivity index (χ4v) is 2.35. The SMILES string of the molecule is CCc1csc(Oc2cc(F)c(Br)cc2N)n1. The Hall–Kier alpha value is -1.14. The van der Waals surface area contributed by atoms with E-state index in [1.165, 1.54) is 23.5 Å². The highest BCUT2D eigenvalue weighted by molar-refractivity contribution is 9.10. The van der Waals surface area contributed by atoms with Gasteiger partial charge in [-0.25, -0.2) is 9.37 Å². The van der Waals surface area contributed by atoms with Crippen LogP contribution in [0.3, 0.4) is 0 Å². The van der Waals surface area contributed by atoms with Crippen LogP contribution < -0.4 is 10.5 Å². The van der Waals surface area contributed by atoms with Crippen molar-refractivity contribution < 1.29 is 9.13 Å². The van der Waals surface area contributed by atoms with Gasteiger partial charge in [-0.3, -0.25) is 0 Å². The minimum atomic E-state index is -0.415. The summed E-state index contributed by atoms with van der Waals surface area (Å²) >= 11 is 4.42. The van der Waals surface area contributed by atoms with Gasteiger partial charge in [0, 0.05) is 11.4 Å². The molecule has 2 rings (SSSR count). The molecule has 6 heteroatoms. The molecule has 0 unspecified atom stereocenters. The molecule has 2 N–H and O–H groups in total. The lowest BCUT2D eigenvalue weighted by atomic mass is 10.3. The van der Waals surface area contributed by atoms with Gasteiger partial charge >= 0.3 is 0 Å². The summed E-state index contributed by atoms with van der Waals surface area (Å²) in [6.07, 6.45) is 0.837. The molecule has 0 aliphatic heterocycles. The van der Waals surface area contributed by atoms with Gasteiger partial charge in [-0.15, -0.1) is 0 Å². The molecule has 0 atom stereocenters. The molecule has 17 heavy (non-hydrogen) atoms. The fourth-order valence-electron chi connectivity index (χ4n) is 1.22. The van der Waals surface area contributed by atoms with Crippen LogP contribution in [0.2, 0.25) is 0 Å². The molecule has 0 fully saturated rings. The first-order chi connectivity index (χ1) is 8.10. The summed E-state index contributed by atoms with van der Waals surface area (Å²) in [5, 5.41) is 2.37. The first kappa shape index (κ1) is 12.3. The monoisotopic (exact) mass is 316 g/mol. The number of nitrogens with zero attached hydrogens (tertiary/aromatic N) is 1. The summed E-state index contributed by atoms with van der Waals surface area (Å²) in [5.74, 6) is -0.135. The van der Waals surface area contributed by atoms with Gasteiger partial charge in [0.2, 0.25) is 0 Å². The number of nitrogens with two attached hydrogens (primary N) is 1. The normalized spacial score (nSPS) is 10.5. The average Bonchev–Trinajstić information content (AvgIpc) is 2.73. The first-order valence-electron chi connectivity index (χ1n) is 4.97. The number of nitrogen functional groups attached to an aromatic ring is 1. The number of anilines is 1. The highest BCUT2D eigenvalue weighted by atomic mass is 79.9. The van der Waals surface area contributed by atoms with Gasteiger partial charge in [0.25, 0.3) is 5.19 Å². The molecule has 0 radical (unpaired) electrons. The standard InChI is InChI=1S/C11H10BrFN2OS/c1-2-6-5-17-11(15-6)16-10-4-8(13)7(12)3-9(10)14/h3-5H,2,14H2,1H3. The van der Waals surface area contributed by atoms with Gasteiger partial charge in [-0.2, -0.15) is 0 Å². The minimum absolute atomic E-state index is 0.280. The van der Waals surface area contributed by atoms with Crippen LogP contribution in [0.1, 0.15) is 12.6 Å². The lowest BCUT2D eigenvalue weighted by molar-refractivity contribution is 0.473. The van der Waals surface area contributed by atoms with E-state index in [0.29, 0.717) is 15.4 Å². The second-order valence-corrected chi connectivity index (χ2v) is 5.04. The van der Waals surface area contributed by atoms with Crippen molar-refractivity contribution in [2.24, 2.45) is 0 Å². The second kappa shape index (κ2) is 5.01. The summed E-state index contributed by atoms with van der Waals surface area (Å²) in [4.78, 5) is 4.22. The van der Waals surface area contributed by atoms with E-state index < -0.39 is 5.82 Å². The third-order valence-electron chi connectivity index (χ3n) is 2.14. The fraction of sp³-hybridized carbons (Fsp3) is 0.182. The molecular formula is C11H10BrFN2OS. The van der Waals surface area contributed by atoms with Crippen molar-refractivity contribution >= 4 is 33.0 Å². The first-order valence-corrected chi connectivity index (χ1v) is 6.64. The molecule has 0 bridgehead atoms. The van der Waals surface area contributed by atoms with Crippen molar-refractivity contribution in [2.75, 3.05) is 5.73 Å². The van der Waals surface area contributed by atoms with Crippen LogP contribution in [0, 0.1) is 5.82 Å². The van der Waals surface area contributed by atoms with Gasteiger partial charge in [0.1, 0.15) is 5.82 Å². The number of aryl methyl sites for hydroxylation is 1. The molecule has 3 nitrogen and oxygen atoms in total. The smallest absolute Gasteiger partial charge is 0.278 e. The topological polar surface area (TPSA) is 48.1 Å². The van der Waals surface area contributed by atoms with E-state index in [1.54, 1.807) is 0 Å². The van der Waals surface area contributed by atoms with E-state index in [9.17, 15) is 4.39 Å². The molecule has 0 spiro atoms. The largest absolute Gasteiger partial charge is 0.429 e. The lowest BCUT2D eigenvalue weighted by Gasteiger charge is -2.06. The summed E-state index contributed by atoms with van der Waals surface area (Å²) in [5.41, 5.74) is 7.05. The molecule has 1 aromatic heterocycles. The summed E-state index contributed by atoms with van der Waals surface area (Å²) < 4.78 is 19.1. The van der Waals surface area contributed by atoms with Crippen LogP contribution in [0.5, 0.6) is 10.9 Å². The van der Waals surface area contributed by atoms with E-state index in [1.807, 2.05) is 12.3 Å². The zero-order chi connectivity index (χ0) is 12.4. The number of hydrogen-bond donors (Lipinski definition) is 1. The molecule has 0 saturated carbocycles. The van der Waals surface area contributed by atoms with Crippen molar-refractivity contribution in [1.82, 2.24) is 4.98 Å². The van der Waals surface area contributed by atoms with Gasteiger partial charge < -0.3 is 10.5 Å². The molecule has 0 saturated heterocycles. The van der Waals surface area contributed by atoms with Crippen molar-refractivity contribution in [3.05, 3.63) is 33.5 Å². The zero-order valence-electron chi connectivity index (χ0n) is 9.04. The molecule has 1 heterocycles. The highest BCUT2D eigenvalue weighted by Crippen LogP contribution is 2.33. The Morgan fingerprint density at radius 3 is 2.94 bits per heavy atom. The van der Waals surface area contributed by atoms with Crippen LogP contribution in [0.4, 0.5) is 10.1 Å². The van der Waals surface area contributed by atoms with E-state index in [2.05, 4.69) is 20.9 Å². The Morgan fingerprint density at radius 2 is 2.29 bits per heavy atom. The average molecular weight is 317 g/mol. The Bertz CT molecular complexity index is 544. The predicted molar refractivity (Wildman–Crippen MR) is 70.1 cm³/mol. The zero-order valence-corrected chi connectivity index (χ0v) is 11.4. The summed E-state index contributed by atoms with van der Waals surface area (Å²) in [6, 6.07) is 2.71. The molecular weight excluding hydrogens is 307 g/mol. The van der Waals surface area contributed by atoms with Gasteiger partial charge in [0.05, 0.1) is 15.9 Å². The number of rotatable bonds is 3. The molecule has 0 amide bonds. The quantitative estimate of drug-likeness (QED) is 0.871. The van der Waals surface area contributed by atoms with E-state index in [4.69, 9.17) is 10.5 Å². The number of thiazole rings is 1. The number of benzene rings is 1. The van der Waals surface area contributed by atoms with Crippen molar-refractivity contribution in [2.45, 2.75) is 13.3 Å². The van der Waals surface area contributed by atoms with Gasteiger partial charge in [0.15, 0.2) is 5.75 Å². The Labute approximate surface area is 111 Å². The van der Waals surface area contributed by atoms with E-state index >= 15 is 0 Å². The summed E-state index contributed by atoms with van der Waals surface area (Å²) in [7, 11) is 0. The Morgan fingerprint density at radius 1 is 1.53 bits per heavy atom. The maximum atomic E-state index is 13.3. The number of aromatic nitrogens is 1. The van der Waals surface area contributed by atoms with Crippen LogP contribution in [0.15, 0.2) is 22.0 Å². The third kappa shape index (κ3) is 2.76. The lowest BCUT2D eigenvalue weighted by Crippen LogP contribution is -1.94. The van der Waals surface area contributed by atoms with Crippen LogP contribution >= 0.6 is 27.3 Å². The maximum Gasteiger partial charge on any atom is 0.278 e. The predicted octanol–water partition coefficient (Wildman–Crippen LogP) is 3.98. The molecule has 0 aliphatic carbocycles. The van der Waals surface area contributed by atoms with Crippen LogP contribution in [-0.4, -0.2) is 4.98 Å². The summed E-state index contributed by atoms with van der Waals surface area (Å²) in [6.45, 7) is 2.01. The molecule has 90 valence electrons. The second-order valence-electron chi connectivity index (χ2n) is 3.36. The van der Waals surface area contributed by atoms with E-state index in [0.717, 1.165) is 12.1 Å². The number of ether oxygens (including phenoxy) is 1. The Balaban J connectivity index is 2.26.